The number of rotatable bonds is 24. The molecular formula is C28H52N2O9S. The van der Waals surface area contributed by atoms with Gasteiger partial charge < -0.3 is 9.68 Å². The first-order valence-corrected chi connectivity index (χ1v) is 16.6. The summed E-state index contributed by atoms with van der Waals surface area (Å²) in [6.07, 6.45) is 18.3. The van der Waals surface area contributed by atoms with E-state index in [1.165, 1.54) is 57.8 Å². The van der Waals surface area contributed by atoms with Crippen molar-refractivity contribution in [3.05, 3.63) is 0 Å². The van der Waals surface area contributed by atoms with Crippen LogP contribution < -0.4 is 11.0 Å². The molecule has 0 rings (SSSR count). The fourth-order valence-electron chi connectivity index (χ4n) is 4.08. The standard InChI is InChI=1S/C28H52N2O9S/c1-3-5-7-9-11-13-15-17-19-21-25(31)29-38-27(33)23-24(40(35,36)37)28(34)39-30-26(32)22-20-18-16-14-12-10-8-6-4-2/h24H,3-23H2,1-2H3,(H,29,31)(H,30,32)(H,35,36,37). The van der Waals surface area contributed by atoms with Crippen molar-refractivity contribution in [3.63, 3.8) is 0 Å². The van der Waals surface area contributed by atoms with Gasteiger partial charge in [0.15, 0.2) is 5.25 Å². The van der Waals surface area contributed by atoms with Gasteiger partial charge in [-0.2, -0.15) is 19.4 Å². The molecule has 0 aliphatic carbocycles. The zero-order chi connectivity index (χ0) is 30.1. The van der Waals surface area contributed by atoms with Gasteiger partial charge in [0, 0.05) is 12.8 Å². The van der Waals surface area contributed by atoms with E-state index in [0.29, 0.717) is 12.8 Å². The molecule has 0 fully saturated rings. The molecule has 0 aromatic carbocycles. The Kier molecular flexibility index (Phi) is 23.2. The molecule has 3 N–H and O–H groups in total. The fraction of sp³-hybridized carbons (Fsp3) is 0.857. The molecule has 0 heterocycles. The van der Waals surface area contributed by atoms with Gasteiger partial charge in [0.1, 0.15) is 0 Å². The van der Waals surface area contributed by atoms with Crippen molar-refractivity contribution in [2.75, 3.05) is 0 Å². The van der Waals surface area contributed by atoms with Crippen molar-refractivity contribution in [3.8, 4) is 0 Å². The minimum absolute atomic E-state index is 0.0761. The highest BCUT2D eigenvalue weighted by Crippen LogP contribution is 2.12. The Hall–Kier alpha value is -2.21. The molecule has 0 saturated carbocycles. The highest BCUT2D eigenvalue weighted by Gasteiger charge is 2.36. The summed E-state index contributed by atoms with van der Waals surface area (Å²) in [7, 11) is -5.05. The van der Waals surface area contributed by atoms with Crippen molar-refractivity contribution in [1.82, 2.24) is 11.0 Å². The molecule has 2 amide bonds. The van der Waals surface area contributed by atoms with Crippen molar-refractivity contribution in [2.45, 2.75) is 154 Å². The third kappa shape index (κ3) is 22.6. The van der Waals surface area contributed by atoms with Gasteiger partial charge in [-0.25, -0.2) is 9.59 Å². The van der Waals surface area contributed by atoms with Crippen molar-refractivity contribution in [2.24, 2.45) is 0 Å². The summed E-state index contributed by atoms with van der Waals surface area (Å²) >= 11 is 0. The first kappa shape index (κ1) is 37.8. The molecule has 0 aromatic rings. The molecule has 1 unspecified atom stereocenters. The molecule has 40 heavy (non-hydrogen) atoms. The van der Waals surface area contributed by atoms with E-state index in [-0.39, 0.29) is 12.8 Å². The number of hydrogen-bond donors (Lipinski definition) is 3. The summed E-state index contributed by atoms with van der Waals surface area (Å²) in [6.45, 7) is 4.34. The maximum atomic E-state index is 12.1. The molecule has 12 heteroatoms. The van der Waals surface area contributed by atoms with E-state index in [1.54, 1.807) is 0 Å². The normalized spacial score (nSPS) is 12.0. The van der Waals surface area contributed by atoms with Crippen LogP contribution in [-0.4, -0.2) is 42.0 Å². The van der Waals surface area contributed by atoms with Crippen LogP contribution in [0.3, 0.4) is 0 Å². The molecule has 0 aliphatic heterocycles. The molecule has 0 aliphatic rings. The SMILES string of the molecule is CCCCCCCCCCCC(=O)NOC(=O)CC(C(=O)ONC(=O)CCCCCCCCCCC)S(=O)(=O)O. The Morgan fingerprint density at radius 3 is 1.32 bits per heavy atom. The van der Waals surface area contributed by atoms with Crippen LogP contribution in [0.2, 0.25) is 0 Å². The number of carbonyl (C=O) groups is 4. The lowest BCUT2D eigenvalue weighted by Gasteiger charge is -2.13. The maximum absolute atomic E-state index is 12.1. The molecule has 234 valence electrons. The van der Waals surface area contributed by atoms with Crippen molar-refractivity contribution >= 4 is 33.9 Å². The van der Waals surface area contributed by atoms with Crippen LogP contribution >= 0.6 is 0 Å². The Bertz CT molecular complexity index is 819. The molecule has 1 atom stereocenters. The smallest absolute Gasteiger partial charge is 0.341 e. The summed E-state index contributed by atoms with van der Waals surface area (Å²) in [5.41, 5.74) is 3.76. The fourth-order valence-corrected chi connectivity index (χ4v) is 4.72. The third-order valence-corrected chi connectivity index (χ3v) is 7.61. The van der Waals surface area contributed by atoms with Gasteiger partial charge in [-0.1, -0.05) is 117 Å². The summed E-state index contributed by atoms with van der Waals surface area (Å²) in [4.78, 5) is 56.9. The topological polar surface area (TPSA) is 165 Å². The minimum Gasteiger partial charge on any atom is -0.341 e. The number of hydrogen-bond acceptors (Lipinski definition) is 8. The van der Waals surface area contributed by atoms with E-state index in [1.807, 2.05) is 11.0 Å². The lowest BCUT2D eigenvalue weighted by atomic mass is 10.1. The summed E-state index contributed by atoms with van der Waals surface area (Å²) in [5.74, 6) is -4.00. The average molecular weight is 593 g/mol. The van der Waals surface area contributed by atoms with E-state index in [9.17, 15) is 32.1 Å². The van der Waals surface area contributed by atoms with Crippen LogP contribution in [0.1, 0.15) is 149 Å². The van der Waals surface area contributed by atoms with E-state index < -0.39 is 45.5 Å². The predicted octanol–water partition coefficient (Wildman–Crippen LogP) is 5.62. The maximum Gasteiger partial charge on any atom is 0.353 e. The molecule has 0 saturated heterocycles. The summed E-state index contributed by atoms with van der Waals surface area (Å²) in [6, 6.07) is 0. The Morgan fingerprint density at radius 1 is 0.600 bits per heavy atom. The number of amides is 2. The summed E-state index contributed by atoms with van der Waals surface area (Å²) in [5, 5.41) is -2.32. The van der Waals surface area contributed by atoms with Crippen LogP contribution in [0, 0.1) is 0 Å². The van der Waals surface area contributed by atoms with Gasteiger partial charge in [-0.15, -0.1) is 0 Å². The quantitative estimate of drug-likeness (QED) is 0.0732. The monoisotopic (exact) mass is 592 g/mol. The van der Waals surface area contributed by atoms with E-state index in [2.05, 4.69) is 23.5 Å². The van der Waals surface area contributed by atoms with E-state index >= 15 is 0 Å². The first-order chi connectivity index (χ1) is 19.1. The Balaban J connectivity index is 4.16. The van der Waals surface area contributed by atoms with Crippen LogP contribution in [-0.2, 0) is 39.0 Å². The lowest BCUT2D eigenvalue weighted by Crippen LogP contribution is -2.39. The lowest BCUT2D eigenvalue weighted by molar-refractivity contribution is -0.163. The van der Waals surface area contributed by atoms with Gasteiger partial charge in [-0.05, 0) is 12.8 Å². The minimum atomic E-state index is -5.05. The summed E-state index contributed by atoms with van der Waals surface area (Å²) < 4.78 is 32.5. The average Bonchev–Trinajstić information content (AvgIpc) is 2.91. The van der Waals surface area contributed by atoms with Crippen LogP contribution in [0.4, 0.5) is 0 Å². The van der Waals surface area contributed by atoms with Crippen LogP contribution in [0.5, 0.6) is 0 Å². The van der Waals surface area contributed by atoms with Gasteiger partial charge >= 0.3 is 11.9 Å². The zero-order valence-electron chi connectivity index (χ0n) is 24.5. The van der Waals surface area contributed by atoms with Gasteiger partial charge in [0.25, 0.3) is 21.9 Å². The van der Waals surface area contributed by atoms with Crippen molar-refractivity contribution < 1.29 is 41.8 Å². The second kappa shape index (κ2) is 24.6. The van der Waals surface area contributed by atoms with E-state index in [4.69, 9.17) is 0 Å². The van der Waals surface area contributed by atoms with E-state index in [0.717, 1.165) is 44.9 Å². The number of unbranched alkanes of at least 4 members (excludes halogenated alkanes) is 16. The van der Waals surface area contributed by atoms with Gasteiger partial charge in [0.2, 0.25) is 0 Å². The number of hydroxylamine groups is 2. The molecule has 0 radical (unpaired) electrons. The highest BCUT2D eigenvalue weighted by molar-refractivity contribution is 7.87. The van der Waals surface area contributed by atoms with Crippen LogP contribution in [0.15, 0.2) is 0 Å². The molecular weight excluding hydrogens is 540 g/mol. The second-order valence-corrected chi connectivity index (χ2v) is 11.9. The third-order valence-electron chi connectivity index (χ3n) is 6.53. The van der Waals surface area contributed by atoms with Crippen LogP contribution in [0.25, 0.3) is 0 Å². The first-order valence-electron chi connectivity index (χ1n) is 15.1. The number of nitrogens with one attached hydrogen (secondary N) is 2. The Labute approximate surface area is 240 Å². The zero-order valence-corrected chi connectivity index (χ0v) is 25.4. The second-order valence-electron chi connectivity index (χ2n) is 10.3. The van der Waals surface area contributed by atoms with Gasteiger partial charge in [0.05, 0.1) is 6.42 Å². The molecule has 0 aromatic heterocycles. The van der Waals surface area contributed by atoms with Crippen molar-refractivity contribution in [1.29, 1.82) is 0 Å². The predicted molar refractivity (Wildman–Crippen MR) is 152 cm³/mol. The van der Waals surface area contributed by atoms with Gasteiger partial charge in [-0.3, -0.25) is 14.1 Å². The largest absolute Gasteiger partial charge is 0.353 e. The molecule has 11 nitrogen and oxygen atoms in total. The molecule has 0 bridgehead atoms. The Morgan fingerprint density at radius 2 is 0.950 bits per heavy atom. The highest BCUT2D eigenvalue weighted by atomic mass is 32.2. The molecule has 0 spiro atoms. The number of carbonyl (C=O) groups excluding carboxylic acids is 4.